The van der Waals surface area contributed by atoms with Crippen molar-refractivity contribution in [3.8, 4) is 0 Å². The Morgan fingerprint density at radius 1 is 1.50 bits per heavy atom. The van der Waals surface area contributed by atoms with Crippen LogP contribution in [0, 0.1) is 0 Å². The molecule has 4 heteroatoms. The Kier molecular flexibility index (Phi) is 2.72. The number of benzene rings is 1. The minimum absolute atomic E-state index is 0.328. The van der Waals surface area contributed by atoms with Gasteiger partial charge in [-0.3, -0.25) is 4.79 Å². The van der Waals surface area contributed by atoms with E-state index < -0.39 is 5.97 Å². The first-order valence-electron chi connectivity index (χ1n) is 5.00. The van der Waals surface area contributed by atoms with Crippen molar-refractivity contribution in [1.29, 1.82) is 0 Å². The van der Waals surface area contributed by atoms with Crippen molar-refractivity contribution >= 4 is 23.2 Å². The summed E-state index contributed by atoms with van der Waals surface area (Å²) in [6.07, 6.45) is 0.769. The molecule has 1 heterocycles. The van der Waals surface area contributed by atoms with Crippen LogP contribution in [-0.4, -0.2) is 23.8 Å². The van der Waals surface area contributed by atoms with Crippen LogP contribution in [0.1, 0.15) is 27.8 Å². The standard InChI is InChI=1S/C12H11NO3/c1-2-16-12(15)11-6-9-8(7-14)4-3-5-10(9)13-11/h3-7,13H,2H2,1H3. The Labute approximate surface area is 92.2 Å². The van der Waals surface area contributed by atoms with E-state index in [1.165, 1.54) is 0 Å². The van der Waals surface area contributed by atoms with Crippen LogP contribution in [0.3, 0.4) is 0 Å². The Balaban J connectivity index is 2.51. The number of ether oxygens (including phenoxy) is 1. The molecule has 0 amide bonds. The second kappa shape index (κ2) is 4.18. The SMILES string of the molecule is CCOC(=O)c1cc2c(C=O)cccc2[nH]1. The van der Waals surface area contributed by atoms with E-state index in [4.69, 9.17) is 4.74 Å². The summed E-state index contributed by atoms with van der Waals surface area (Å²) in [5.41, 5.74) is 1.68. The van der Waals surface area contributed by atoms with Gasteiger partial charge in [0.2, 0.25) is 0 Å². The molecule has 0 aliphatic rings. The van der Waals surface area contributed by atoms with Crippen LogP contribution in [0.25, 0.3) is 10.9 Å². The predicted octanol–water partition coefficient (Wildman–Crippen LogP) is 2.16. The summed E-state index contributed by atoms with van der Waals surface area (Å²) in [6.45, 7) is 2.08. The third kappa shape index (κ3) is 1.69. The lowest BCUT2D eigenvalue weighted by Gasteiger charge is -1.96. The van der Waals surface area contributed by atoms with E-state index in [0.29, 0.717) is 17.9 Å². The third-order valence-corrected chi connectivity index (χ3v) is 2.32. The number of hydrogen-bond donors (Lipinski definition) is 1. The molecule has 0 spiro atoms. The maximum atomic E-state index is 11.5. The normalized spacial score (nSPS) is 10.3. The maximum absolute atomic E-state index is 11.5. The van der Waals surface area contributed by atoms with Crippen molar-refractivity contribution in [2.75, 3.05) is 6.61 Å². The molecule has 82 valence electrons. The van der Waals surface area contributed by atoms with Crippen molar-refractivity contribution in [1.82, 2.24) is 4.98 Å². The van der Waals surface area contributed by atoms with Gasteiger partial charge in [0, 0.05) is 16.5 Å². The van der Waals surface area contributed by atoms with E-state index in [0.717, 1.165) is 17.2 Å². The molecule has 1 aromatic heterocycles. The van der Waals surface area contributed by atoms with E-state index in [9.17, 15) is 9.59 Å². The fourth-order valence-electron chi connectivity index (χ4n) is 1.60. The maximum Gasteiger partial charge on any atom is 0.354 e. The molecule has 1 aromatic carbocycles. The minimum atomic E-state index is -0.407. The first-order chi connectivity index (χ1) is 7.76. The number of aldehydes is 1. The highest BCUT2D eigenvalue weighted by Gasteiger charge is 2.11. The van der Waals surface area contributed by atoms with Crippen LogP contribution in [0.4, 0.5) is 0 Å². The lowest BCUT2D eigenvalue weighted by atomic mass is 10.1. The molecule has 0 saturated heterocycles. The quantitative estimate of drug-likeness (QED) is 0.633. The molecule has 0 fully saturated rings. The Morgan fingerprint density at radius 2 is 2.31 bits per heavy atom. The van der Waals surface area contributed by atoms with Gasteiger partial charge in [-0.2, -0.15) is 0 Å². The summed E-state index contributed by atoms with van der Waals surface area (Å²) in [5, 5.41) is 0.737. The van der Waals surface area contributed by atoms with Gasteiger partial charge in [0.15, 0.2) is 6.29 Å². The van der Waals surface area contributed by atoms with Crippen LogP contribution in [0.2, 0.25) is 0 Å². The van der Waals surface area contributed by atoms with E-state index in [1.54, 1.807) is 25.1 Å². The van der Waals surface area contributed by atoms with Crippen LogP contribution in [-0.2, 0) is 4.74 Å². The van der Waals surface area contributed by atoms with E-state index in [-0.39, 0.29) is 0 Å². The Morgan fingerprint density at radius 3 is 3.00 bits per heavy atom. The van der Waals surface area contributed by atoms with Crippen LogP contribution >= 0.6 is 0 Å². The van der Waals surface area contributed by atoms with Gasteiger partial charge in [0.05, 0.1) is 6.61 Å². The van der Waals surface area contributed by atoms with Gasteiger partial charge in [-0.05, 0) is 19.1 Å². The smallest absolute Gasteiger partial charge is 0.354 e. The van der Waals surface area contributed by atoms with Crippen LogP contribution in [0.15, 0.2) is 24.3 Å². The largest absolute Gasteiger partial charge is 0.461 e. The number of fused-ring (bicyclic) bond motifs is 1. The summed E-state index contributed by atoms with van der Waals surface area (Å²) in [6, 6.07) is 6.91. The topological polar surface area (TPSA) is 59.2 Å². The number of carbonyl (C=O) groups is 2. The first kappa shape index (κ1) is 10.4. The zero-order chi connectivity index (χ0) is 11.5. The van der Waals surface area contributed by atoms with E-state index in [2.05, 4.69) is 4.98 Å². The lowest BCUT2D eigenvalue weighted by molar-refractivity contribution is 0.0520. The summed E-state index contributed by atoms with van der Waals surface area (Å²) in [5.74, 6) is -0.407. The first-order valence-corrected chi connectivity index (χ1v) is 5.00. The molecule has 0 saturated carbocycles. The van der Waals surface area contributed by atoms with Crippen molar-refractivity contribution in [3.63, 3.8) is 0 Å². The monoisotopic (exact) mass is 217 g/mol. The number of esters is 1. The number of nitrogens with one attached hydrogen (secondary N) is 1. The number of aromatic nitrogens is 1. The highest BCUT2D eigenvalue weighted by atomic mass is 16.5. The van der Waals surface area contributed by atoms with Gasteiger partial charge < -0.3 is 9.72 Å². The van der Waals surface area contributed by atoms with Crippen molar-refractivity contribution < 1.29 is 14.3 Å². The zero-order valence-corrected chi connectivity index (χ0v) is 8.82. The molecule has 2 rings (SSSR count). The number of aromatic amines is 1. The average molecular weight is 217 g/mol. The molecule has 0 radical (unpaired) electrons. The molecule has 0 bridgehead atoms. The molecule has 4 nitrogen and oxygen atoms in total. The third-order valence-electron chi connectivity index (χ3n) is 2.32. The number of hydrogen-bond acceptors (Lipinski definition) is 3. The summed E-state index contributed by atoms with van der Waals surface area (Å²) >= 11 is 0. The van der Waals surface area contributed by atoms with Gasteiger partial charge in [-0.1, -0.05) is 12.1 Å². The molecule has 2 aromatic rings. The number of carbonyl (C=O) groups excluding carboxylic acids is 2. The van der Waals surface area contributed by atoms with Crippen LogP contribution < -0.4 is 0 Å². The minimum Gasteiger partial charge on any atom is -0.461 e. The second-order valence-electron chi connectivity index (χ2n) is 3.33. The molecular weight excluding hydrogens is 206 g/mol. The van der Waals surface area contributed by atoms with Gasteiger partial charge in [-0.15, -0.1) is 0 Å². The molecule has 0 aliphatic heterocycles. The number of rotatable bonds is 3. The van der Waals surface area contributed by atoms with Gasteiger partial charge in [0.1, 0.15) is 5.69 Å². The Hall–Kier alpha value is -2.10. The molecular formula is C12H11NO3. The van der Waals surface area contributed by atoms with Gasteiger partial charge in [-0.25, -0.2) is 4.79 Å². The van der Waals surface area contributed by atoms with Gasteiger partial charge >= 0.3 is 5.97 Å². The summed E-state index contributed by atoms with van der Waals surface area (Å²) in [4.78, 5) is 25.2. The van der Waals surface area contributed by atoms with Crippen molar-refractivity contribution in [2.24, 2.45) is 0 Å². The average Bonchev–Trinajstić information content (AvgIpc) is 2.72. The molecule has 0 atom stereocenters. The molecule has 16 heavy (non-hydrogen) atoms. The zero-order valence-electron chi connectivity index (χ0n) is 8.82. The van der Waals surface area contributed by atoms with E-state index >= 15 is 0 Å². The molecule has 1 N–H and O–H groups in total. The molecule has 0 aliphatic carbocycles. The summed E-state index contributed by atoms with van der Waals surface area (Å²) in [7, 11) is 0. The fourth-order valence-corrected chi connectivity index (χ4v) is 1.60. The Bertz CT molecular complexity index is 542. The lowest BCUT2D eigenvalue weighted by Crippen LogP contribution is -2.04. The van der Waals surface area contributed by atoms with Crippen molar-refractivity contribution in [2.45, 2.75) is 6.92 Å². The second-order valence-corrected chi connectivity index (χ2v) is 3.33. The summed E-state index contributed by atoms with van der Waals surface area (Å²) < 4.78 is 4.87. The fraction of sp³-hybridized carbons (Fsp3) is 0.167. The highest BCUT2D eigenvalue weighted by Crippen LogP contribution is 2.19. The number of H-pyrrole nitrogens is 1. The van der Waals surface area contributed by atoms with Crippen molar-refractivity contribution in [3.05, 3.63) is 35.5 Å². The highest BCUT2D eigenvalue weighted by molar-refractivity contribution is 6.01. The predicted molar refractivity (Wildman–Crippen MR) is 59.6 cm³/mol. The van der Waals surface area contributed by atoms with Crippen LogP contribution in [0.5, 0.6) is 0 Å². The van der Waals surface area contributed by atoms with Gasteiger partial charge in [0.25, 0.3) is 0 Å². The van der Waals surface area contributed by atoms with E-state index in [1.807, 2.05) is 6.07 Å². The molecule has 0 unspecified atom stereocenters.